The van der Waals surface area contributed by atoms with E-state index in [1.165, 1.54) is 0 Å². The number of ether oxygens (including phenoxy) is 1. The summed E-state index contributed by atoms with van der Waals surface area (Å²) < 4.78 is 6.23. The zero-order valence-corrected chi connectivity index (χ0v) is 12.5. The molecule has 17 heavy (non-hydrogen) atoms. The van der Waals surface area contributed by atoms with Crippen LogP contribution in [0.1, 0.15) is 22.8 Å². The summed E-state index contributed by atoms with van der Waals surface area (Å²) in [6.07, 6.45) is 2.04. The second-order valence-corrected chi connectivity index (χ2v) is 5.86. The summed E-state index contributed by atoms with van der Waals surface area (Å²) in [5.74, 6) is 1.09. The first-order chi connectivity index (χ1) is 8.13. The van der Waals surface area contributed by atoms with E-state index in [1.807, 2.05) is 25.3 Å². The van der Waals surface area contributed by atoms with Gasteiger partial charge in [0.15, 0.2) is 0 Å². The largest absolute Gasteiger partial charge is 0.403 e. The lowest BCUT2D eigenvalue weighted by Crippen LogP contribution is -2.09. The molecule has 0 spiro atoms. The van der Waals surface area contributed by atoms with E-state index >= 15 is 0 Å². The first-order valence-electron chi connectivity index (χ1n) is 5.21. The van der Waals surface area contributed by atoms with Gasteiger partial charge in [0, 0.05) is 9.32 Å². The van der Waals surface area contributed by atoms with Crippen molar-refractivity contribution < 1.29 is 9.53 Å². The molecule has 0 radical (unpaired) electrons. The maximum atomic E-state index is 11.7. The van der Waals surface area contributed by atoms with Gasteiger partial charge < -0.3 is 4.74 Å². The number of rotatable bonds is 3. The average Bonchev–Trinajstić information content (AvgIpc) is 2.57. The van der Waals surface area contributed by atoms with Crippen molar-refractivity contribution in [3.05, 3.63) is 32.9 Å². The van der Waals surface area contributed by atoms with Gasteiger partial charge in [-0.3, -0.25) is 0 Å². The molecule has 0 amide bonds. The Kier molecular flexibility index (Phi) is 4.09. The molecule has 1 heterocycles. The summed E-state index contributed by atoms with van der Waals surface area (Å²) in [6.45, 7) is 2.02. The number of cyclic esters (lactones) is 1. The van der Waals surface area contributed by atoms with E-state index in [0.717, 1.165) is 14.9 Å². The Hall–Kier alpha value is -0.560. The minimum Gasteiger partial charge on any atom is -0.403 e. The molecule has 0 bridgehead atoms. The summed E-state index contributed by atoms with van der Waals surface area (Å²) in [5.41, 5.74) is 1.46. The Labute approximate surface area is 118 Å². The molecule has 2 rings (SSSR count). The molecule has 3 nitrogen and oxygen atoms in total. The lowest BCUT2D eigenvalue weighted by Gasteiger charge is -2.05. The van der Waals surface area contributed by atoms with Gasteiger partial charge in [-0.1, -0.05) is 6.07 Å². The van der Waals surface area contributed by atoms with Crippen LogP contribution in [0.25, 0.3) is 0 Å². The Morgan fingerprint density at radius 2 is 2.29 bits per heavy atom. The van der Waals surface area contributed by atoms with Crippen LogP contribution in [0.15, 0.2) is 23.2 Å². The molecule has 0 saturated heterocycles. The average molecular weight is 361 g/mol. The molecular weight excluding hydrogens is 349 g/mol. The summed E-state index contributed by atoms with van der Waals surface area (Å²) in [7, 11) is 0. The molecule has 1 aliphatic rings. The molecule has 1 aromatic rings. The minimum absolute atomic E-state index is 0.148. The molecule has 0 aromatic heterocycles. The van der Waals surface area contributed by atoms with Crippen molar-refractivity contribution in [1.82, 2.24) is 0 Å². The number of carbonyl (C=O) groups is 1. The van der Waals surface area contributed by atoms with Gasteiger partial charge in [-0.25, -0.2) is 9.79 Å². The number of nitrogens with zero attached hydrogens (tertiary/aromatic N) is 1. The van der Waals surface area contributed by atoms with Crippen LogP contribution in [0.4, 0.5) is 0 Å². The van der Waals surface area contributed by atoms with Gasteiger partial charge in [0.2, 0.25) is 5.90 Å². The van der Waals surface area contributed by atoms with Crippen molar-refractivity contribution in [3.8, 4) is 0 Å². The van der Waals surface area contributed by atoms with E-state index in [1.54, 1.807) is 17.8 Å². The predicted molar refractivity (Wildman–Crippen MR) is 79.0 cm³/mol. The lowest BCUT2D eigenvalue weighted by atomic mass is 10.1. The van der Waals surface area contributed by atoms with Crippen molar-refractivity contribution in [2.75, 3.05) is 12.0 Å². The molecule has 0 saturated carbocycles. The third kappa shape index (κ3) is 2.65. The van der Waals surface area contributed by atoms with Gasteiger partial charge >= 0.3 is 5.97 Å². The Morgan fingerprint density at radius 1 is 1.53 bits per heavy atom. The molecule has 0 fully saturated rings. The van der Waals surface area contributed by atoms with Crippen LogP contribution < -0.4 is 0 Å². The van der Waals surface area contributed by atoms with Crippen LogP contribution in [0.3, 0.4) is 0 Å². The SMILES string of the molecule is CSC[C@H](C)/N=C1/OC(=O)c2cccc(I)c21. The number of hydrogen-bond donors (Lipinski definition) is 0. The number of fused-ring (bicyclic) bond motifs is 1. The van der Waals surface area contributed by atoms with Crippen LogP contribution >= 0.6 is 34.4 Å². The number of carbonyl (C=O) groups excluding carboxylic acids is 1. The highest BCUT2D eigenvalue weighted by Crippen LogP contribution is 2.26. The fourth-order valence-electron chi connectivity index (χ4n) is 1.67. The number of thioether (sulfide) groups is 1. The highest BCUT2D eigenvalue weighted by Gasteiger charge is 2.30. The molecule has 1 atom stereocenters. The second-order valence-electron chi connectivity index (χ2n) is 3.79. The third-order valence-electron chi connectivity index (χ3n) is 2.38. The number of esters is 1. The van der Waals surface area contributed by atoms with Gasteiger partial charge in [0.25, 0.3) is 0 Å². The van der Waals surface area contributed by atoms with Gasteiger partial charge in [0.1, 0.15) is 0 Å². The smallest absolute Gasteiger partial charge is 0.345 e. The van der Waals surface area contributed by atoms with Crippen molar-refractivity contribution in [2.45, 2.75) is 13.0 Å². The van der Waals surface area contributed by atoms with Gasteiger partial charge in [-0.2, -0.15) is 11.8 Å². The second kappa shape index (κ2) is 5.39. The molecule has 0 aliphatic carbocycles. The fraction of sp³-hybridized carbons (Fsp3) is 0.333. The topological polar surface area (TPSA) is 38.7 Å². The highest BCUT2D eigenvalue weighted by molar-refractivity contribution is 14.1. The number of benzene rings is 1. The van der Waals surface area contributed by atoms with Crippen LogP contribution in [0.2, 0.25) is 0 Å². The Balaban J connectivity index is 2.39. The fourth-order valence-corrected chi connectivity index (χ4v) is 2.96. The van der Waals surface area contributed by atoms with Crippen LogP contribution in [0.5, 0.6) is 0 Å². The molecular formula is C12H12INO2S. The van der Waals surface area contributed by atoms with E-state index in [4.69, 9.17) is 4.74 Å². The quantitative estimate of drug-likeness (QED) is 0.614. The van der Waals surface area contributed by atoms with Gasteiger partial charge in [0.05, 0.1) is 17.2 Å². The zero-order chi connectivity index (χ0) is 12.4. The normalized spacial score (nSPS) is 18.1. The predicted octanol–water partition coefficient (Wildman–Crippen LogP) is 2.96. The third-order valence-corrected chi connectivity index (χ3v) is 4.10. The van der Waals surface area contributed by atoms with E-state index in [0.29, 0.717) is 11.5 Å². The maximum Gasteiger partial charge on any atom is 0.345 e. The molecule has 0 unspecified atom stereocenters. The zero-order valence-electron chi connectivity index (χ0n) is 9.57. The van der Waals surface area contributed by atoms with E-state index in [-0.39, 0.29) is 12.0 Å². The monoisotopic (exact) mass is 361 g/mol. The minimum atomic E-state index is -0.298. The summed E-state index contributed by atoms with van der Waals surface area (Å²) >= 11 is 3.93. The highest BCUT2D eigenvalue weighted by atomic mass is 127. The standard InChI is InChI=1S/C12H12INO2S/c1-7(6-17-2)14-11-10-8(12(15)16-11)4-3-5-9(10)13/h3-5,7H,6H2,1-2H3/b14-11+/t7-/m0/s1. The van der Waals surface area contributed by atoms with Crippen molar-refractivity contribution >= 4 is 46.2 Å². The van der Waals surface area contributed by atoms with E-state index in [2.05, 4.69) is 27.6 Å². The first-order valence-corrected chi connectivity index (χ1v) is 7.68. The van der Waals surface area contributed by atoms with Crippen LogP contribution in [0, 0.1) is 3.57 Å². The van der Waals surface area contributed by atoms with Crippen molar-refractivity contribution in [3.63, 3.8) is 0 Å². The number of aliphatic imine (C=N–C) groups is 1. The van der Waals surface area contributed by atoms with Gasteiger partial charge in [-0.05, 0) is 47.9 Å². The Morgan fingerprint density at radius 3 is 3.00 bits per heavy atom. The number of hydrogen-bond acceptors (Lipinski definition) is 4. The van der Waals surface area contributed by atoms with Gasteiger partial charge in [-0.15, -0.1) is 0 Å². The summed E-state index contributed by atoms with van der Waals surface area (Å²) in [5, 5.41) is 0. The number of halogens is 1. The van der Waals surface area contributed by atoms with Crippen LogP contribution in [-0.2, 0) is 4.74 Å². The van der Waals surface area contributed by atoms with Crippen molar-refractivity contribution in [2.24, 2.45) is 4.99 Å². The molecule has 0 N–H and O–H groups in total. The molecule has 1 aliphatic heterocycles. The molecule has 90 valence electrons. The van der Waals surface area contributed by atoms with E-state index < -0.39 is 0 Å². The summed E-state index contributed by atoms with van der Waals surface area (Å²) in [6, 6.07) is 5.74. The first kappa shape index (κ1) is 12.9. The lowest BCUT2D eigenvalue weighted by molar-refractivity contribution is 0.0736. The van der Waals surface area contributed by atoms with Crippen molar-refractivity contribution in [1.29, 1.82) is 0 Å². The Bertz CT molecular complexity index is 487. The molecule has 1 aromatic carbocycles. The summed E-state index contributed by atoms with van der Waals surface area (Å²) in [4.78, 5) is 16.1. The van der Waals surface area contributed by atoms with Crippen LogP contribution in [-0.4, -0.2) is 29.9 Å². The maximum absolute atomic E-state index is 11.7. The molecule has 5 heteroatoms. The van der Waals surface area contributed by atoms with E-state index in [9.17, 15) is 4.79 Å².